The fourth-order valence-electron chi connectivity index (χ4n) is 3.36. The van der Waals surface area contributed by atoms with Crippen molar-refractivity contribution in [2.75, 3.05) is 26.2 Å². The minimum Gasteiger partial charge on any atom is -0.502 e. The van der Waals surface area contributed by atoms with Crippen LogP contribution in [0.5, 0.6) is 11.5 Å². The van der Waals surface area contributed by atoms with Gasteiger partial charge in [0.25, 0.3) is 0 Å². The van der Waals surface area contributed by atoms with Crippen LogP contribution in [0.3, 0.4) is 0 Å². The van der Waals surface area contributed by atoms with Crippen molar-refractivity contribution in [3.8, 4) is 11.5 Å². The molecule has 6 N–H and O–H groups in total. The molecule has 12 heteroatoms. The molecule has 0 unspecified atom stereocenters. The van der Waals surface area contributed by atoms with E-state index in [1.807, 2.05) is 27.7 Å². The summed E-state index contributed by atoms with van der Waals surface area (Å²) in [6, 6.07) is 2.63. The molecule has 10 nitrogen and oxygen atoms in total. The van der Waals surface area contributed by atoms with Crippen LogP contribution < -0.4 is 32.1 Å². The summed E-state index contributed by atoms with van der Waals surface area (Å²) >= 11 is 10.6. The van der Waals surface area contributed by atoms with Crippen LogP contribution in [-0.2, 0) is 10.8 Å². The third-order valence-corrected chi connectivity index (χ3v) is 6.53. The van der Waals surface area contributed by atoms with Gasteiger partial charge in [-0.2, -0.15) is 0 Å². The Morgan fingerprint density at radius 3 is 1.43 bits per heavy atom. The molecule has 0 aliphatic heterocycles. The number of rotatable bonds is 12. The van der Waals surface area contributed by atoms with Crippen molar-refractivity contribution < 1.29 is 19.0 Å². The Balaban J connectivity index is 1.58. The van der Waals surface area contributed by atoms with E-state index in [4.69, 9.17) is 33.3 Å². The van der Waals surface area contributed by atoms with Gasteiger partial charge >= 0.3 is 0 Å². The van der Waals surface area contributed by atoms with Gasteiger partial charge in [-0.05, 0) is 43.7 Å². The topological polar surface area (TPSA) is 149 Å². The molecular formula is C25H36N4O6S2. The molecule has 2 aromatic rings. The molecule has 0 bridgehead atoms. The molecule has 204 valence electrons. The molecule has 0 saturated heterocycles. The van der Waals surface area contributed by atoms with E-state index in [1.54, 1.807) is 0 Å². The fraction of sp³-hybridized carbons (Fsp3) is 0.520. The minimum atomic E-state index is -0.462. The fourth-order valence-corrected chi connectivity index (χ4v) is 3.77. The second-order valence-electron chi connectivity index (χ2n) is 9.97. The molecule has 37 heavy (non-hydrogen) atoms. The quantitative estimate of drug-likeness (QED) is 0.170. The molecule has 0 aromatic carbocycles. The molecule has 0 saturated carbocycles. The Morgan fingerprint density at radius 1 is 0.730 bits per heavy atom. The summed E-state index contributed by atoms with van der Waals surface area (Å²) in [4.78, 5) is 23.3. The third-order valence-electron chi connectivity index (χ3n) is 5.95. The van der Waals surface area contributed by atoms with Crippen molar-refractivity contribution in [3.63, 3.8) is 0 Å². The number of aromatic hydroxyl groups is 2. The lowest BCUT2D eigenvalue weighted by Crippen LogP contribution is -2.40. The average Bonchev–Trinajstić information content (AvgIpc) is 2.82. The summed E-state index contributed by atoms with van der Waals surface area (Å²) in [5.41, 5.74) is -1.74. The van der Waals surface area contributed by atoms with Crippen LogP contribution in [0.1, 0.15) is 58.5 Å². The maximum absolute atomic E-state index is 11.7. The Kier molecular flexibility index (Phi) is 10.9. The average molecular weight is 553 g/mol. The van der Waals surface area contributed by atoms with E-state index in [-0.39, 0.29) is 0 Å². The van der Waals surface area contributed by atoms with E-state index in [0.717, 1.165) is 18.9 Å². The first kappa shape index (κ1) is 30.1. The highest BCUT2D eigenvalue weighted by Gasteiger charge is 2.25. The first-order valence-corrected chi connectivity index (χ1v) is 12.8. The molecule has 0 spiro atoms. The van der Waals surface area contributed by atoms with Gasteiger partial charge < -0.3 is 40.3 Å². The maximum atomic E-state index is 11.7. The van der Waals surface area contributed by atoms with Gasteiger partial charge in [0.05, 0.1) is 0 Å². The molecule has 0 amide bonds. The van der Waals surface area contributed by atoms with Gasteiger partial charge in [0, 0.05) is 49.1 Å². The van der Waals surface area contributed by atoms with Crippen molar-refractivity contribution in [3.05, 3.63) is 56.6 Å². The monoisotopic (exact) mass is 552 g/mol. The van der Waals surface area contributed by atoms with E-state index in [9.17, 15) is 19.8 Å². The highest BCUT2D eigenvalue weighted by atomic mass is 32.1. The molecule has 0 aliphatic carbocycles. The second kappa shape index (κ2) is 13.4. The minimum absolute atomic E-state index is 0.403. The highest BCUT2D eigenvalue weighted by molar-refractivity contribution is 7.80. The summed E-state index contributed by atoms with van der Waals surface area (Å²) in [6.45, 7) is 10.3. The molecule has 2 aromatic heterocycles. The van der Waals surface area contributed by atoms with Crippen molar-refractivity contribution in [1.82, 2.24) is 21.3 Å². The molecule has 0 atom stereocenters. The zero-order valence-corrected chi connectivity index (χ0v) is 23.2. The van der Waals surface area contributed by atoms with E-state index >= 15 is 0 Å². The number of hydrogen-bond acceptors (Lipinski definition) is 8. The van der Waals surface area contributed by atoms with Crippen molar-refractivity contribution in [1.29, 1.82) is 0 Å². The van der Waals surface area contributed by atoms with E-state index < -0.39 is 33.2 Å². The first-order chi connectivity index (χ1) is 17.3. The number of hydrogen-bond donors (Lipinski definition) is 6. The van der Waals surface area contributed by atoms with Crippen molar-refractivity contribution in [2.45, 2.75) is 57.8 Å². The van der Waals surface area contributed by atoms with Crippen molar-refractivity contribution in [2.24, 2.45) is 0 Å². The zero-order valence-electron chi connectivity index (χ0n) is 21.6. The summed E-state index contributed by atoms with van der Waals surface area (Å²) in [5, 5.41) is 32.4. The lowest BCUT2D eigenvalue weighted by atomic mass is 9.86. The Labute approximate surface area is 226 Å². The van der Waals surface area contributed by atoms with Crippen LogP contribution in [0.25, 0.3) is 0 Å². The maximum Gasteiger partial charge on any atom is 0.226 e. The van der Waals surface area contributed by atoms with Gasteiger partial charge in [-0.25, -0.2) is 0 Å². The molecule has 2 heterocycles. The van der Waals surface area contributed by atoms with Crippen molar-refractivity contribution >= 4 is 34.7 Å². The number of thiocarbonyl (C=S) groups is 2. The summed E-state index contributed by atoms with van der Waals surface area (Å²) in [7, 11) is 0. The molecule has 0 fully saturated rings. The first-order valence-electron chi connectivity index (χ1n) is 12.0. The molecule has 0 radical (unpaired) electrons. The van der Waals surface area contributed by atoms with Crippen LogP contribution in [-0.4, -0.2) is 46.6 Å². The Hall–Kier alpha value is -3.12. The predicted octanol–water partition coefficient (Wildman–Crippen LogP) is 2.36. The number of nitrogens with one attached hydrogen (secondary N) is 4. The van der Waals surface area contributed by atoms with Crippen LogP contribution in [0, 0.1) is 0 Å². The summed E-state index contributed by atoms with van der Waals surface area (Å²) in [6.07, 6.45) is 4.25. The molecule has 2 rings (SSSR count). The van der Waals surface area contributed by atoms with Gasteiger partial charge in [0.1, 0.15) is 24.0 Å². The van der Waals surface area contributed by atoms with Gasteiger partial charge in [-0.3, -0.25) is 9.59 Å². The summed E-state index contributed by atoms with van der Waals surface area (Å²) < 4.78 is 10.7. The van der Waals surface area contributed by atoms with Gasteiger partial charge in [-0.15, -0.1) is 0 Å². The van der Waals surface area contributed by atoms with Crippen LogP contribution in [0.2, 0.25) is 0 Å². The Morgan fingerprint density at radius 2 is 1.08 bits per heavy atom. The molecular weight excluding hydrogens is 516 g/mol. The zero-order chi connectivity index (χ0) is 27.6. The second-order valence-corrected chi connectivity index (χ2v) is 10.8. The van der Waals surface area contributed by atoms with E-state index in [0.29, 0.717) is 60.8 Å². The lowest BCUT2D eigenvalue weighted by Gasteiger charge is -2.24. The normalized spacial score (nSPS) is 11.6. The van der Waals surface area contributed by atoms with E-state index in [2.05, 4.69) is 21.3 Å². The smallest absolute Gasteiger partial charge is 0.226 e. The third kappa shape index (κ3) is 9.69. The van der Waals surface area contributed by atoms with Crippen LogP contribution in [0.15, 0.2) is 43.1 Å². The predicted molar refractivity (Wildman–Crippen MR) is 150 cm³/mol. The van der Waals surface area contributed by atoms with Gasteiger partial charge in [-0.1, -0.05) is 27.7 Å². The largest absolute Gasteiger partial charge is 0.502 e. The SMILES string of the molecule is CC(C)(CCNC(=S)NCCCNC(=S)NCCC(C)(C)c1cc(=O)c(O)co1)c1cc(=O)c(O)co1. The van der Waals surface area contributed by atoms with Crippen LogP contribution in [0.4, 0.5) is 0 Å². The highest BCUT2D eigenvalue weighted by Crippen LogP contribution is 2.27. The van der Waals surface area contributed by atoms with E-state index in [1.165, 1.54) is 12.1 Å². The standard InChI is InChI=1S/C25H36N4O6S2/c1-24(2,20-12-16(30)18(32)14-34-20)6-10-28-22(36)26-8-5-9-27-23(37)29-11-7-25(3,4)21-13-17(31)19(33)15-35-21/h12-15,32-33H,5-11H2,1-4H3,(H2,26,28,36)(H2,27,29,37). The van der Waals surface area contributed by atoms with Gasteiger partial charge in [0.15, 0.2) is 21.7 Å². The molecule has 0 aliphatic rings. The van der Waals surface area contributed by atoms with Gasteiger partial charge in [0.2, 0.25) is 10.9 Å². The van der Waals surface area contributed by atoms with Crippen LogP contribution >= 0.6 is 24.4 Å². The summed E-state index contributed by atoms with van der Waals surface area (Å²) in [5.74, 6) is 0.198. The lowest BCUT2D eigenvalue weighted by molar-refractivity contribution is 0.338. The Bertz CT molecular complexity index is 1100.